The van der Waals surface area contributed by atoms with Crippen molar-refractivity contribution < 1.29 is 9.59 Å². The lowest BCUT2D eigenvalue weighted by Gasteiger charge is -2.10. The molecule has 2 aromatic carbocycles. The molecule has 3 N–H and O–H groups in total. The zero-order valence-corrected chi connectivity index (χ0v) is 14.9. The molecule has 0 atom stereocenters. The van der Waals surface area contributed by atoms with E-state index in [1.54, 1.807) is 0 Å². The van der Waals surface area contributed by atoms with Crippen molar-refractivity contribution >= 4 is 28.9 Å². The molecule has 132 valence electrons. The van der Waals surface area contributed by atoms with Gasteiger partial charge in [-0.15, -0.1) is 0 Å². The Morgan fingerprint density at radius 3 is 2.24 bits per heavy atom. The average molecular weight is 339 g/mol. The Morgan fingerprint density at radius 2 is 1.60 bits per heavy atom. The van der Waals surface area contributed by atoms with Gasteiger partial charge in [-0.1, -0.05) is 32.0 Å². The molecular weight excluding hydrogens is 314 g/mol. The minimum Gasteiger partial charge on any atom is -0.384 e. The molecule has 0 fully saturated rings. The van der Waals surface area contributed by atoms with E-state index in [0.717, 1.165) is 17.1 Å². The Morgan fingerprint density at radius 1 is 0.920 bits per heavy atom. The van der Waals surface area contributed by atoms with Crippen molar-refractivity contribution in [2.24, 2.45) is 0 Å². The van der Waals surface area contributed by atoms with Gasteiger partial charge in [0.05, 0.1) is 0 Å². The fourth-order valence-electron chi connectivity index (χ4n) is 2.41. The molecule has 0 heterocycles. The van der Waals surface area contributed by atoms with Crippen LogP contribution in [-0.2, 0) is 9.59 Å². The number of anilines is 3. The lowest BCUT2D eigenvalue weighted by atomic mass is 10.0. The molecule has 0 unspecified atom stereocenters. The fraction of sp³-hybridized carbons (Fsp3) is 0.300. The summed E-state index contributed by atoms with van der Waals surface area (Å²) in [6, 6.07) is 15.3. The first-order valence-electron chi connectivity index (χ1n) is 8.45. The topological polar surface area (TPSA) is 70.2 Å². The lowest BCUT2D eigenvalue weighted by molar-refractivity contribution is -0.116. The molecule has 0 aliphatic rings. The Bertz CT molecular complexity index is 724. The third kappa shape index (κ3) is 6.30. The second-order valence-corrected chi connectivity index (χ2v) is 6.26. The normalized spacial score (nSPS) is 10.4. The summed E-state index contributed by atoms with van der Waals surface area (Å²) < 4.78 is 0. The van der Waals surface area contributed by atoms with Crippen LogP contribution in [0, 0.1) is 0 Å². The molecule has 2 amide bonds. The van der Waals surface area contributed by atoms with Crippen molar-refractivity contribution in [3.63, 3.8) is 0 Å². The number of carbonyl (C=O) groups excluding carboxylic acids is 2. The van der Waals surface area contributed by atoms with Crippen LogP contribution in [0.1, 0.15) is 38.7 Å². The van der Waals surface area contributed by atoms with Crippen LogP contribution >= 0.6 is 0 Å². The minimum atomic E-state index is -0.111. The predicted molar refractivity (Wildman–Crippen MR) is 103 cm³/mol. The van der Waals surface area contributed by atoms with E-state index < -0.39 is 0 Å². The van der Waals surface area contributed by atoms with Gasteiger partial charge in [-0.2, -0.15) is 0 Å². The zero-order valence-electron chi connectivity index (χ0n) is 14.9. The molecule has 5 nitrogen and oxygen atoms in total. The predicted octanol–water partition coefficient (Wildman–Crippen LogP) is 4.21. The number of carbonyl (C=O) groups is 2. The highest BCUT2D eigenvalue weighted by Crippen LogP contribution is 2.17. The molecule has 0 saturated heterocycles. The van der Waals surface area contributed by atoms with E-state index in [9.17, 15) is 9.59 Å². The van der Waals surface area contributed by atoms with Crippen molar-refractivity contribution in [3.8, 4) is 0 Å². The van der Waals surface area contributed by atoms with Crippen molar-refractivity contribution in [1.29, 1.82) is 0 Å². The van der Waals surface area contributed by atoms with Crippen LogP contribution in [0.15, 0.2) is 48.5 Å². The second kappa shape index (κ2) is 8.87. The molecule has 5 heteroatoms. The number of nitrogens with one attached hydrogen (secondary N) is 3. The Hall–Kier alpha value is -2.82. The number of rotatable bonds is 7. The highest BCUT2D eigenvalue weighted by molar-refractivity contribution is 5.91. The smallest absolute Gasteiger partial charge is 0.226 e. The van der Waals surface area contributed by atoms with Crippen molar-refractivity contribution in [2.75, 3.05) is 22.5 Å². The summed E-state index contributed by atoms with van der Waals surface area (Å²) in [5, 5.41) is 8.81. The van der Waals surface area contributed by atoms with Gasteiger partial charge in [-0.3, -0.25) is 9.59 Å². The second-order valence-electron chi connectivity index (χ2n) is 6.26. The molecular formula is C20H25N3O2. The quantitative estimate of drug-likeness (QED) is 0.708. The summed E-state index contributed by atoms with van der Waals surface area (Å²) in [6.45, 7) is 6.26. The molecule has 0 radical (unpaired) electrons. The molecule has 25 heavy (non-hydrogen) atoms. The minimum absolute atomic E-state index is 0.0391. The number of hydrogen-bond acceptors (Lipinski definition) is 3. The maximum Gasteiger partial charge on any atom is 0.226 e. The average Bonchev–Trinajstić information content (AvgIpc) is 2.55. The molecule has 0 spiro atoms. The van der Waals surface area contributed by atoms with Gasteiger partial charge < -0.3 is 16.0 Å². The maximum absolute atomic E-state index is 12.0. The van der Waals surface area contributed by atoms with Crippen molar-refractivity contribution in [3.05, 3.63) is 54.1 Å². The first kappa shape index (κ1) is 18.5. The van der Waals surface area contributed by atoms with E-state index in [-0.39, 0.29) is 11.8 Å². The van der Waals surface area contributed by atoms with Crippen molar-refractivity contribution in [1.82, 2.24) is 0 Å². The lowest BCUT2D eigenvalue weighted by Crippen LogP contribution is -2.16. The molecule has 2 aromatic rings. The maximum atomic E-state index is 12.0. The first-order chi connectivity index (χ1) is 11.9. The molecule has 0 aliphatic heterocycles. The standard InChI is InChI=1S/C20H25N3O2/c1-14(2)16-7-9-17(10-8-16)23-20(25)11-12-21-18-5-4-6-19(13-18)22-15(3)24/h4-10,13-14,21H,11-12H2,1-3H3,(H,22,24)(H,23,25). The van der Waals surface area contributed by atoms with Crippen LogP contribution in [0.2, 0.25) is 0 Å². The molecule has 0 aromatic heterocycles. The Kier molecular flexibility index (Phi) is 6.57. The summed E-state index contributed by atoms with van der Waals surface area (Å²) in [6.07, 6.45) is 0.357. The van der Waals surface area contributed by atoms with E-state index in [2.05, 4.69) is 29.8 Å². The number of benzene rings is 2. The Balaban J connectivity index is 1.79. The molecule has 0 aliphatic carbocycles. The van der Waals surface area contributed by atoms with Gasteiger partial charge in [-0.05, 0) is 41.8 Å². The molecule has 0 saturated carbocycles. The number of amides is 2. The van der Waals surface area contributed by atoms with Gasteiger partial charge in [0, 0.05) is 37.0 Å². The van der Waals surface area contributed by atoms with Crippen LogP contribution in [0.3, 0.4) is 0 Å². The summed E-state index contributed by atoms with van der Waals surface area (Å²) in [5.74, 6) is 0.324. The summed E-state index contributed by atoms with van der Waals surface area (Å²) in [7, 11) is 0. The van der Waals surface area contributed by atoms with Gasteiger partial charge in [-0.25, -0.2) is 0 Å². The van der Waals surface area contributed by atoms with Crippen LogP contribution in [0.4, 0.5) is 17.1 Å². The summed E-state index contributed by atoms with van der Waals surface area (Å²) in [5.41, 5.74) is 3.65. The van der Waals surface area contributed by atoms with Gasteiger partial charge in [0.2, 0.25) is 11.8 Å². The molecule has 0 bridgehead atoms. The SMILES string of the molecule is CC(=O)Nc1cccc(NCCC(=O)Nc2ccc(C(C)C)cc2)c1. The highest BCUT2D eigenvalue weighted by Gasteiger charge is 2.04. The van der Waals surface area contributed by atoms with E-state index in [1.165, 1.54) is 12.5 Å². The van der Waals surface area contributed by atoms with Gasteiger partial charge >= 0.3 is 0 Å². The fourth-order valence-corrected chi connectivity index (χ4v) is 2.41. The third-order valence-corrected chi connectivity index (χ3v) is 3.73. The van der Waals surface area contributed by atoms with Gasteiger partial charge in [0.1, 0.15) is 0 Å². The highest BCUT2D eigenvalue weighted by atomic mass is 16.2. The van der Waals surface area contributed by atoms with Crippen molar-refractivity contribution in [2.45, 2.75) is 33.1 Å². The van der Waals surface area contributed by atoms with Gasteiger partial charge in [0.15, 0.2) is 0 Å². The number of hydrogen-bond donors (Lipinski definition) is 3. The Labute approximate surface area is 148 Å². The van der Waals surface area contributed by atoms with Gasteiger partial charge in [0.25, 0.3) is 0 Å². The van der Waals surface area contributed by atoms with E-state index in [4.69, 9.17) is 0 Å². The largest absolute Gasteiger partial charge is 0.384 e. The first-order valence-corrected chi connectivity index (χ1v) is 8.45. The van der Waals surface area contributed by atoms with E-state index in [1.807, 2.05) is 48.5 Å². The summed E-state index contributed by atoms with van der Waals surface area (Å²) >= 11 is 0. The van der Waals surface area contributed by atoms with E-state index >= 15 is 0 Å². The van der Waals surface area contributed by atoms with E-state index in [0.29, 0.717) is 18.9 Å². The summed E-state index contributed by atoms with van der Waals surface area (Å²) in [4.78, 5) is 23.1. The third-order valence-electron chi connectivity index (χ3n) is 3.73. The van der Waals surface area contributed by atoms with Crippen LogP contribution in [-0.4, -0.2) is 18.4 Å². The van der Waals surface area contributed by atoms with Crippen LogP contribution in [0.25, 0.3) is 0 Å². The zero-order chi connectivity index (χ0) is 18.2. The molecule has 2 rings (SSSR count). The monoisotopic (exact) mass is 339 g/mol. The van der Waals surface area contributed by atoms with Crippen LogP contribution < -0.4 is 16.0 Å². The van der Waals surface area contributed by atoms with Crippen LogP contribution in [0.5, 0.6) is 0 Å².